The maximum absolute atomic E-state index is 12.1. The Balaban J connectivity index is 2.13. The first-order chi connectivity index (χ1) is 10.5. The fourth-order valence-electron chi connectivity index (χ4n) is 2.08. The standard InChI is InChI=1S/C16H21N3O3/c1-3-16(17,4-2)10-18-14(20)11-7-8-12(19-15(11)21)13-6-5-9-22-13/h5-9H,3-4,10,17H2,1-2H3,(H,18,20)(H,19,21). The molecule has 1 amide bonds. The molecule has 0 saturated heterocycles. The van der Waals surface area contributed by atoms with E-state index in [1.165, 1.54) is 12.3 Å². The first-order valence-electron chi connectivity index (χ1n) is 7.33. The average molecular weight is 303 g/mol. The lowest BCUT2D eigenvalue weighted by Crippen LogP contribution is -2.49. The van der Waals surface area contributed by atoms with Crippen LogP contribution in [-0.2, 0) is 0 Å². The zero-order valence-corrected chi connectivity index (χ0v) is 12.8. The molecule has 0 saturated carbocycles. The van der Waals surface area contributed by atoms with Crippen LogP contribution in [0.5, 0.6) is 0 Å². The molecule has 0 aliphatic rings. The van der Waals surface area contributed by atoms with Crippen LogP contribution in [0.25, 0.3) is 11.5 Å². The number of pyridine rings is 1. The zero-order chi connectivity index (χ0) is 16.2. The van der Waals surface area contributed by atoms with E-state index >= 15 is 0 Å². The molecular formula is C16H21N3O3. The number of hydrogen-bond acceptors (Lipinski definition) is 4. The molecule has 0 aliphatic heterocycles. The molecule has 6 heteroatoms. The first-order valence-corrected chi connectivity index (χ1v) is 7.33. The summed E-state index contributed by atoms with van der Waals surface area (Å²) in [6.45, 7) is 4.28. The van der Waals surface area contributed by atoms with Crippen molar-refractivity contribution in [2.45, 2.75) is 32.2 Å². The summed E-state index contributed by atoms with van der Waals surface area (Å²) < 4.78 is 5.21. The third kappa shape index (κ3) is 3.46. The summed E-state index contributed by atoms with van der Waals surface area (Å²) in [4.78, 5) is 26.8. The molecule has 2 aromatic heterocycles. The highest BCUT2D eigenvalue weighted by Gasteiger charge is 2.22. The number of hydrogen-bond donors (Lipinski definition) is 3. The normalized spacial score (nSPS) is 11.4. The van der Waals surface area contributed by atoms with Crippen LogP contribution >= 0.6 is 0 Å². The number of aromatic amines is 1. The Morgan fingerprint density at radius 3 is 2.59 bits per heavy atom. The van der Waals surface area contributed by atoms with Crippen molar-refractivity contribution in [1.82, 2.24) is 10.3 Å². The lowest BCUT2D eigenvalue weighted by Gasteiger charge is -2.26. The second-order valence-electron chi connectivity index (χ2n) is 5.34. The van der Waals surface area contributed by atoms with Crippen molar-refractivity contribution in [3.05, 3.63) is 46.4 Å². The Labute approximate surface area is 128 Å². The second-order valence-corrected chi connectivity index (χ2v) is 5.34. The highest BCUT2D eigenvalue weighted by molar-refractivity contribution is 5.94. The van der Waals surface area contributed by atoms with E-state index in [0.29, 0.717) is 18.0 Å². The van der Waals surface area contributed by atoms with Crippen molar-refractivity contribution in [2.75, 3.05) is 6.54 Å². The molecule has 22 heavy (non-hydrogen) atoms. The van der Waals surface area contributed by atoms with Gasteiger partial charge < -0.3 is 20.5 Å². The fourth-order valence-corrected chi connectivity index (χ4v) is 2.08. The highest BCUT2D eigenvalue weighted by atomic mass is 16.3. The van der Waals surface area contributed by atoms with Crippen LogP contribution in [-0.4, -0.2) is 23.0 Å². The molecule has 2 rings (SSSR count). The van der Waals surface area contributed by atoms with Gasteiger partial charge >= 0.3 is 0 Å². The molecule has 0 atom stereocenters. The van der Waals surface area contributed by atoms with Gasteiger partial charge in [-0.25, -0.2) is 0 Å². The number of nitrogens with two attached hydrogens (primary N) is 1. The van der Waals surface area contributed by atoms with Gasteiger partial charge in [0.2, 0.25) is 0 Å². The van der Waals surface area contributed by atoms with Crippen molar-refractivity contribution in [3.63, 3.8) is 0 Å². The number of aromatic nitrogens is 1. The Kier molecular flexibility index (Phi) is 4.82. The molecule has 0 fully saturated rings. The summed E-state index contributed by atoms with van der Waals surface area (Å²) in [7, 11) is 0. The monoisotopic (exact) mass is 303 g/mol. The Bertz CT molecular complexity index is 685. The molecule has 0 bridgehead atoms. The lowest BCUT2D eigenvalue weighted by atomic mass is 9.94. The second kappa shape index (κ2) is 6.62. The molecule has 2 aromatic rings. The largest absolute Gasteiger partial charge is 0.463 e. The molecule has 2 heterocycles. The topological polar surface area (TPSA) is 101 Å². The van der Waals surface area contributed by atoms with Gasteiger partial charge in [-0.1, -0.05) is 13.8 Å². The minimum absolute atomic E-state index is 0.0601. The Hall–Kier alpha value is -2.34. The molecule has 0 aliphatic carbocycles. The number of carbonyl (C=O) groups excluding carboxylic acids is 1. The van der Waals surface area contributed by atoms with E-state index in [1.807, 2.05) is 13.8 Å². The van der Waals surface area contributed by atoms with Gasteiger partial charge in [-0.15, -0.1) is 0 Å². The maximum Gasteiger partial charge on any atom is 0.261 e. The van der Waals surface area contributed by atoms with E-state index in [0.717, 1.165) is 12.8 Å². The van der Waals surface area contributed by atoms with E-state index in [1.54, 1.807) is 18.2 Å². The van der Waals surface area contributed by atoms with Crippen LogP contribution < -0.4 is 16.6 Å². The van der Waals surface area contributed by atoms with Crippen molar-refractivity contribution < 1.29 is 9.21 Å². The third-order valence-electron chi connectivity index (χ3n) is 3.95. The SMILES string of the molecule is CCC(N)(CC)CNC(=O)c1ccc(-c2ccco2)[nH]c1=O. The Morgan fingerprint density at radius 2 is 2.05 bits per heavy atom. The van der Waals surface area contributed by atoms with Crippen LogP contribution in [0, 0.1) is 0 Å². The van der Waals surface area contributed by atoms with E-state index in [-0.39, 0.29) is 5.56 Å². The van der Waals surface area contributed by atoms with Gasteiger partial charge in [0.15, 0.2) is 0 Å². The number of nitrogens with one attached hydrogen (secondary N) is 2. The summed E-state index contributed by atoms with van der Waals surface area (Å²) in [5.74, 6) is 0.117. The summed E-state index contributed by atoms with van der Waals surface area (Å²) in [5.41, 5.74) is 5.82. The molecule has 0 unspecified atom stereocenters. The molecule has 0 aromatic carbocycles. The van der Waals surface area contributed by atoms with Gasteiger partial charge in [0.25, 0.3) is 11.5 Å². The molecule has 0 radical (unpaired) electrons. The summed E-state index contributed by atoms with van der Waals surface area (Å²) in [6.07, 6.45) is 3.01. The maximum atomic E-state index is 12.1. The van der Waals surface area contributed by atoms with Crippen LogP contribution in [0.3, 0.4) is 0 Å². The molecule has 118 valence electrons. The van der Waals surface area contributed by atoms with Gasteiger partial charge in [-0.3, -0.25) is 9.59 Å². The van der Waals surface area contributed by atoms with Gasteiger partial charge in [0, 0.05) is 12.1 Å². The fraction of sp³-hybridized carbons (Fsp3) is 0.375. The minimum atomic E-state index is -0.456. The predicted octanol–water partition coefficient (Wildman–Crippen LogP) is 1.88. The van der Waals surface area contributed by atoms with Crippen molar-refractivity contribution >= 4 is 5.91 Å². The van der Waals surface area contributed by atoms with Gasteiger partial charge in [-0.05, 0) is 37.1 Å². The summed E-state index contributed by atoms with van der Waals surface area (Å²) >= 11 is 0. The van der Waals surface area contributed by atoms with E-state index in [4.69, 9.17) is 10.2 Å². The quantitative estimate of drug-likeness (QED) is 0.758. The molecule has 0 spiro atoms. The van der Waals surface area contributed by atoms with Gasteiger partial charge in [-0.2, -0.15) is 0 Å². The van der Waals surface area contributed by atoms with Crippen LogP contribution in [0.2, 0.25) is 0 Å². The number of H-pyrrole nitrogens is 1. The number of rotatable bonds is 6. The van der Waals surface area contributed by atoms with Gasteiger partial charge in [0.1, 0.15) is 11.3 Å². The van der Waals surface area contributed by atoms with Crippen LogP contribution in [0.1, 0.15) is 37.0 Å². The van der Waals surface area contributed by atoms with Crippen molar-refractivity contribution in [3.8, 4) is 11.5 Å². The molecular weight excluding hydrogens is 282 g/mol. The average Bonchev–Trinajstić information content (AvgIpc) is 3.06. The van der Waals surface area contributed by atoms with Crippen molar-refractivity contribution in [2.24, 2.45) is 5.73 Å². The predicted molar refractivity (Wildman–Crippen MR) is 84.6 cm³/mol. The Morgan fingerprint density at radius 1 is 1.32 bits per heavy atom. The number of carbonyl (C=O) groups is 1. The molecule has 4 N–H and O–H groups in total. The zero-order valence-electron chi connectivity index (χ0n) is 12.8. The third-order valence-corrected chi connectivity index (χ3v) is 3.95. The van der Waals surface area contributed by atoms with Crippen molar-refractivity contribution in [1.29, 1.82) is 0 Å². The first kappa shape index (κ1) is 16.0. The number of furan rings is 1. The highest BCUT2D eigenvalue weighted by Crippen LogP contribution is 2.15. The summed E-state index contributed by atoms with van der Waals surface area (Å²) in [5, 5.41) is 2.73. The van der Waals surface area contributed by atoms with E-state index in [9.17, 15) is 9.59 Å². The number of amides is 1. The van der Waals surface area contributed by atoms with Gasteiger partial charge in [0.05, 0.1) is 12.0 Å². The minimum Gasteiger partial charge on any atom is -0.463 e. The summed E-state index contributed by atoms with van der Waals surface area (Å²) in [6, 6.07) is 6.59. The van der Waals surface area contributed by atoms with E-state index < -0.39 is 17.0 Å². The smallest absolute Gasteiger partial charge is 0.261 e. The van der Waals surface area contributed by atoms with E-state index in [2.05, 4.69) is 10.3 Å². The lowest BCUT2D eigenvalue weighted by molar-refractivity contribution is 0.0940. The molecule has 6 nitrogen and oxygen atoms in total. The van der Waals surface area contributed by atoms with Crippen LogP contribution in [0.15, 0.2) is 39.7 Å². The van der Waals surface area contributed by atoms with Crippen LogP contribution in [0.4, 0.5) is 0 Å².